The molecule has 0 radical (unpaired) electrons. The molecule has 0 fully saturated rings. The quantitative estimate of drug-likeness (QED) is 0.0701. The Morgan fingerprint density at radius 1 is 0.618 bits per heavy atom. The van der Waals surface area contributed by atoms with Crippen LogP contribution in [-0.4, -0.2) is 12.6 Å². The van der Waals surface area contributed by atoms with Gasteiger partial charge in [-0.1, -0.05) is 156 Å². The number of ether oxygens (including phenoxy) is 1. The summed E-state index contributed by atoms with van der Waals surface area (Å²) >= 11 is 0. The van der Waals surface area contributed by atoms with Gasteiger partial charge in [0.15, 0.2) is 0 Å². The Balaban J connectivity index is 3.85. The summed E-state index contributed by atoms with van der Waals surface area (Å²) in [6, 6.07) is 0. The molecule has 0 bridgehead atoms. The minimum absolute atomic E-state index is 0.221. The Bertz CT molecular complexity index is 454. The van der Waals surface area contributed by atoms with Crippen molar-refractivity contribution in [3.05, 3.63) is 12.2 Å². The lowest BCUT2D eigenvalue weighted by atomic mass is 9.94. The molecular weight excluding hydrogens is 416 g/mol. The first-order valence-corrected chi connectivity index (χ1v) is 15.3. The third-order valence-electron chi connectivity index (χ3n) is 7.16. The van der Waals surface area contributed by atoms with Crippen molar-refractivity contribution in [2.24, 2.45) is 11.8 Å². The van der Waals surface area contributed by atoms with E-state index in [-0.39, 0.29) is 5.97 Å². The van der Waals surface area contributed by atoms with Crippen molar-refractivity contribution in [1.82, 2.24) is 0 Å². The first-order chi connectivity index (χ1) is 16.5. The predicted molar refractivity (Wildman–Crippen MR) is 151 cm³/mol. The summed E-state index contributed by atoms with van der Waals surface area (Å²) in [5.74, 6) is 1.16. The SMILES string of the molecule is C=C(C)C(=O)OCC(CCCCCCCCCCCC)CCCCCCCCCCCC(C)C. The second kappa shape index (κ2) is 25.3. The van der Waals surface area contributed by atoms with Gasteiger partial charge >= 0.3 is 5.97 Å². The highest BCUT2D eigenvalue weighted by Gasteiger charge is 2.12. The number of hydrogen-bond acceptors (Lipinski definition) is 2. The van der Waals surface area contributed by atoms with Crippen LogP contribution in [0.2, 0.25) is 0 Å². The lowest BCUT2D eigenvalue weighted by Gasteiger charge is -2.17. The van der Waals surface area contributed by atoms with Gasteiger partial charge in [-0.15, -0.1) is 0 Å². The summed E-state index contributed by atoms with van der Waals surface area (Å²) in [4.78, 5) is 11.8. The van der Waals surface area contributed by atoms with Gasteiger partial charge in [0, 0.05) is 5.57 Å². The highest BCUT2D eigenvalue weighted by molar-refractivity contribution is 5.86. The maximum absolute atomic E-state index is 11.8. The Labute approximate surface area is 215 Å². The molecule has 202 valence electrons. The molecular formula is C32H62O2. The van der Waals surface area contributed by atoms with Crippen LogP contribution in [0.3, 0.4) is 0 Å². The van der Waals surface area contributed by atoms with Crippen molar-refractivity contribution in [3.63, 3.8) is 0 Å². The van der Waals surface area contributed by atoms with Crippen LogP contribution >= 0.6 is 0 Å². The van der Waals surface area contributed by atoms with E-state index in [1.807, 2.05) is 0 Å². The standard InChI is InChI=1S/C32H62O2/c1-6-7-8-9-10-11-14-17-20-23-26-31(28-34-32(33)30(4)5)27-24-21-18-15-12-13-16-19-22-25-29(2)3/h29,31H,4,6-28H2,1-3,5H3. The zero-order chi connectivity index (χ0) is 25.3. The maximum Gasteiger partial charge on any atom is 0.333 e. The number of unbranched alkanes of at least 4 members (excludes halogenated alkanes) is 17. The van der Waals surface area contributed by atoms with Crippen LogP contribution in [0, 0.1) is 11.8 Å². The van der Waals surface area contributed by atoms with Crippen LogP contribution in [0.4, 0.5) is 0 Å². The number of carbonyl (C=O) groups excluding carboxylic acids is 1. The lowest BCUT2D eigenvalue weighted by molar-refractivity contribution is -0.140. The van der Waals surface area contributed by atoms with Crippen LogP contribution in [0.5, 0.6) is 0 Å². The summed E-state index contributed by atoms with van der Waals surface area (Å²) in [5, 5.41) is 0. The Hall–Kier alpha value is -0.790. The normalized spacial score (nSPS) is 12.3. The molecule has 1 atom stereocenters. The minimum atomic E-state index is -0.221. The first kappa shape index (κ1) is 33.2. The van der Waals surface area contributed by atoms with Crippen molar-refractivity contribution in [1.29, 1.82) is 0 Å². The highest BCUT2D eigenvalue weighted by atomic mass is 16.5. The number of esters is 1. The zero-order valence-electron chi connectivity index (χ0n) is 23.9. The van der Waals surface area contributed by atoms with E-state index in [1.54, 1.807) is 6.92 Å². The molecule has 0 spiro atoms. The van der Waals surface area contributed by atoms with Gasteiger partial charge in [-0.3, -0.25) is 0 Å². The molecule has 0 rings (SSSR count). The Morgan fingerprint density at radius 2 is 0.971 bits per heavy atom. The molecule has 0 aromatic heterocycles. The molecule has 1 unspecified atom stereocenters. The van der Waals surface area contributed by atoms with E-state index >= 15 is 0 Å². The molecule has 0 N–H and O–H groups in total. The summed E-state index contributed by atoms with van der Waals surface area (Å²) < 4.78 is 5.53. The molecule has 0 saturated carbocycles. The maximum atomic E-state index is 11.8. The van der Waals surface area contributed by atoms with Crippen molar-refractivity contribution in [3.8, 4) is 0 Å². The van der Waals surface area contributed by atoms with Crippen molar-refractivity contribution < 1.29 is 9.53 Å². The van der Waals surface area contributed by atoms with Crippen LogP contribution in [0.25, 0.3) is 0 Å². The van der Waals surface area contributed by atoms with Crippen molar-refractivity contribution >= 4 is 5.97 Å². The van der Waals surface area contributed by atoms with E-state index < -0.39 is 0 Å². The van der Waals surface area contributed by atoms with E-state index in [9.17, 15) is 4.79 Å². The molecule has 34 heavy (non-hydrogen) atoms. The van der Waals surface area contributed by atoms with Gasteiger partial charge in [-0.25, -0.2) is 4.79 Å². The molecule has 0 amide bonds. The zero-order valence-corrected chi connectivity index (χ0v) is 23.9. The third-order valence-corrected chi connectivity index (χ3v) is 7.16. The molecule has 0 aliphatic heterocycles. The second-order valence-electron chi connectivity index (χ2n) is 11.4. The topological polar surface area (TPSA) is 26.3 Å². The second-order valence-corrected chi connectivity index (χ2v) is 11.4. The molecule has 0 aromatic rings. The highest BCUT2D eigenvalue weighted by Crippen LogP contribution is 2.21. The van der Waals surface area contributed by atoms with E-state index in [0.29, 0.717) is 18.1 Å². The predicted octanol–water partition coefficient (Wildman–Crippen LogP) is 11.0. The van der Waals surface area contributed by atoms with E-state index in [2.05, 4.69) is 27.4 Å². The molecule has 0 heterocycles. The van der Waals surface area contributed by atoms with Gasteiger partial charge in [0.25, 0.3) is 0 Å². The van der Waals surface area contributed by atoms with Gasteiger partial charge in [0.1, 0.15) is 0 Å². The van der Waals surface area contributed by atoms with Crippen LogP contribution in [-0.2, 0) is 9.53 Å². The van der Waals surface area contributed by atoms with Gasteiger partial charge in [0.2, 0.25) is 0 Å². The molecule has 0 saturated heterocycles. The third kappa shape index (κ3) is 24.3. The van der Waals surface area contributed by atoms with Crippen molar-refractivity contribution in [2.75, 3.05) is 6.61 Å². The Kier molecular flexibility index (Phi) is 24.7. The fourth-order valence-electron chi connectivity index (χ4n) is 4.77. The molecule has 0 aromatic carbocycles. The number of rotatable bonds is 26. The van der Waals surface area contributed by atoms with Crippen molar-refractivity contribution in [2.45, 2.75) is 169 Å². The van der Waals surface area contributed by atoms with Crippen LogP contribution < -0.4 is 0 Å². The largest absolute Gasteiger partial charge is 0.462 e. The summed E-state index contributed by atoms with van der Waals surface area (Å²) in [6.45, 7) is 13.0. The van der Waals surface area contributed by atoms with Gasteiger partial charge in [-0.05, 0) is 31.6 Å². The fraction of sp³-hybridized carbons (Fsp3) is 0.906. The van der Waals surface area contributed by atoms with Crippen LogP contribution in [0.1, 0.15) is 169 Å². The smallest absolute Gasteiger partial charge is 0.333 e. The van der Waals surface area contributed by atoms with Gasteiger partial charge in [0.05, 0.1) is 6.61 Å². The van der Waals surface area contributed by atoms with E-state index in [4.69, 9.17) is 4.74 Å². The molecule has 0 aliphatic carbocycles. The molecule has 0 aliphatic rings. The van der Waals surface area contributed by atoms with E-state index in [0.717, 1.165) is 5.92 Å². The summed E-state index contributed by atoms with van der Waals surface area (Å²) in [5.41, 5.74) is 0.516. The molecule has 2 heteroatoms. The summed E-state index contributed by atoms with van der Waals surface area (Å²) in [6.07, 6.45) is 30.0. The minimum Gasteiger partial charge on any atom is -0.462 e. The van der Waals surface area contributed by atoms with Crippen LogP contribution in [0.15, 0.2) is 12.2 Å². The number of hydrogen-bond donors (Lipinski definition) is 0. The average Bonchev–Trinajstić information content (AvgIpc) is 2.80. The average molecular weight is 479 g/mol. The fourth-order valence-corrected chi connectivity index (χ4v) is 4.77. The van der Waals surface area contributed by atoms with Gasteiger partial charge in [-0.2, -0.15) is 0 Å². The Morgan fingerprint density at radius 3 is 1.32 bits per heavy atom. The lowest BCUT2D eigenvalue weighted by Crippen LogP contribution is -2.15. The first-order valence-electron chi connectivity index (χ1n) is 15.3. The van der Waals surface area contributed by atoms with E-state index in [1.165, 1.54) is 141 Å². The monoisotopic (exact) mass is 478 g/mol. The van der Waals surface area contributed by atoms with Gasteiger partial charge < -0.3 is 4.74 Å². The summed E-state index contributed by atoms with van der Waals surface area (Å²) in [7, 11) is 0. The number of carbonyl (C=O) groups is 1. The molecule has 2 nitrogen and oxygen atoms in total.